The Morgan fingerprint density at radius 1 is 1.03 bits per heavy atom. The summed E-state index contributed by atoms with van der Waals surface area (Å²) in [4.78, 5) is 57.9. The fourth-order valence-corrected chi connectivity index (χ4v) is 9.19. The topological polar surface area (TPSA) is 170 Å². The molecule has 0 radical (unpaired) electrons. The fourth-order valence-electron chi connectivity index (χ4n) is 9.19. The maximum absolute atomic E-state index is 15.3. The summed E-state index contributed by atoms with van der Waals surface area (Å²) in [5, 5.41) is 20.5. The van der Waals surface area contributed by atoms with Crippen molar-refractivity contribution in [2.75, 3.05) is 26.6 Å². The number of carbonyl (C=O) groups is 3. The molecule has 9 rings (SSSR count). The number of fused-ring (bicyclic) bond motifs is 8. The van der Waals surface area contributed by atoms with Gasteiger partial charge in [-0.3, -0.25) is 19.2 Å². The van der Waals surface area contributed by atoms with Crippen molar-refractivity contribution in [1.29, 1.82) is 0 Å². The number of carbonyl (C=O) groups excluding carboxylic acids is 3. The Morgan fingerprint density at radius 3 is 2.49 bits per heavy atom. The zero-order chi connectivity index (χ0) is 41.2. The van der Waals surface area contributed by atoms with Gasteiger partial charge < -0.3 is 39.8 Å². The Kier molecular flexibility index (Phi) is 9.90. The number of aromatic nitrogens is 2. The Hall–Kier alpha value is -5.80. The van der Waals surface area contributed by atoms with Crippen LogP contribution in [0.5, 0.6) is 0 Å². The Bertz CT molecular complexity index is 2600. The molecule has 4 N–H and O–H groups in total. The van der Waals surface area contributed by atoms with Crippen molar-refractivity contribution in [1.82, 2.24) is 25.5 Å². The molecule has 59 heavy (non-hydrogen) atoms. The van der Waals surface area contributed by atoms with Crippen molar-refractivity contribution < 1.29 is 38.1 Å². The lowest BCUT2D eigenvalue weighted by atomic mass is 9.81. The van der Waals surface area contributed by atoms with E-state index < -0.39 is 41.5 Å². The first-order valence-corrected chi connectivity index (χ1v) is 19.9. The van der Waals surface area contributed by atoms with E-state index in [1.807, 2.05) is 55.5 Å². The van der Waals surface area contributed by atoms with E-state index in [4.69, 9.17) is 19.2 Å². The number of ether oxygens (including phenoxy) is 3. The van der Waals surface area contributed by atoms with Gasteiger partial charge in [-0.25, -0.2) is 9.37 Å². The number of nitrogens with zero attached hydrogens (tertiary/aromatic N) is 2. The minimum atomic E-state index is -1.33. The third kappa shape index (κ3) is 6.60. The quantitative estimate of drug-likeness (QED) is 0.109. The van der Waals surface area contributed by atoms with Crippen molar-refractivity contribution in [2.45, 2.75) is 77.0 Å². The molecule has 0 saturated heterocycles. The molecule has 3 atom stereocenters. The van der Waals surface area contributed by atoms with Crippen LogP contribution in [-0.4, -0.2) is 65.0 Å². The maximum Gasteiger partial charge on any atom is 0.257 e. The first-order valence-electron chi connectivity index (χ1n) is 19.9. The van der Waals surface area contributed by atoms with Gasteiger partial charge in [-0.1, -0.05) is 55.5 Å². The van der Waals surface area contributed by atoms with Crippen LogP contribution in [0.1, 0.15) is 83.3 Å². The fraction of sp³-hybridized carbons (Fsp3) is 0.356. The van der Waals surface area contributed by atoms with Crippen molar-refractivity contribution in [3.05, 3.63) is 121 Å². The monoisotopic (exact) mass is 801 g/mol. The second-order valence-corrected chi connectivity index (χ2v) is 15.7. The molecule has 14 heteroatoms. The van der Waals surface area contributed by atoms with Gasteiger partial charge in [-0.2, -0.15) is 0 Å². The molecule has 13 nitrogen and oxygen atoms in total. The van der Waals surface area contributed by atoms with Crippen LogP contribution in [0.25, 0.3) is 33.4 Å². The molecule has 0 saturated carbocycles. The van der Waals surface area contributed by atoms with Crippen LogP contribution >= 0.6 is 0 Å². The molecule has 5 aromatic rings. The Morgan fingerprint density at radius 2 is 1.76 bits per heavy atom. The molecule has 2 aliphatic carbocycles. The van der Waals surface area contributed by atoms with Gasteiger partial charge >= 0.3 is 0 Å². The normalized spacial score (nSPS) is 19.0. The highest BCUT2D eigenvalue weighted by Crippen LogP contribution is 2.47. The van der Waals surface area contributed by atoms with E-state index in [2.05, 4.69) is 16.0 Å². The van der Waals surface area contributed by atoms with E-state index >= 15 is 4.39 Å². The smallest absolute Gasteiger partial charge is 0.257 e. The Labute approximate surface area is 338 Å². The van der Waals surface area contributed by atoms with Crippen LogP contribution in [0.3, 0.4) is 0 Å². The molecule has 3 amide bonds. The van der Waals surface area contributed by atoms with Gasteiger partial charge in [0.25, 0.3) is 5.56 Å². The van der Waals surface area contributed by atoms with Gasteiger partial charge in [-0.05, 0) is 83.7 Å². The number of pyridine rings is 2. The minimum absolute atomic E-state index is 0.0635. The molecular weight excluding hydrogens is 758 g/mol. The second-order valence-electron chi connectivity index (χ2n) is 15.7. The van der Waals surface area contributed by atoms with Gasteiger partial charge in [0, 0.05) is 22.6 Å². The molecule has 4 heterocycles. The van der Waals surface area contributed by atoms with Gasteiger partial charge in [0.2, 0.25) is 17.7 Å². The number of aliphatic hydroxyl groups is 1. The SMILES string of the molecule is CC[C@@]1(O)COCc2c1cc1n(c2=O)Cc2c-1nc1cc(F)c(C)c3c1c2[C@@H](NC(=O)COCNC(=O)[C@H](C)NC(=O)COC1c2ccccc2-c2ccccc21)CC3. The largest absolute Gasteiger partial charge is 0.383 e. The number of hydrogen-bond donors (Lipinski definition) is 4. The summed E-state index contributed by atoms with van der Waals surface area (Å²) in [5.41, 5.74) is 7.69. The third-order valence-electron chi connectivity index (χ3n) is 12.3. The van der Waals surface area contributed by atoms with Gasteiger partial charge in [0.1, 0.15) is 43.5 Å². The molecule has 0 unspecified atom stereocenters. The average molecular weight is 802 g/mol. The van der Waals surface area contributed by atoms with Crippen LogP contribution in [0.15, 0.2) is 65.5 Å². The van der Waals surface area contributed by atoms with Crippen LogP contribution in [0.4, 0.5) is 4.39 Å². The molecule has 2 aromatic heterocycles. The highest BCUT2D eigenvalue weighted by atomic mass is 19.1. The van der Waals surface area contributed by atoms with E-state index in [1.165, 1.54) is 6.07 Å². The van der Waals surface area contributed by atoms with Crippen molar-refractivity contribution >= 4 is 28.6 Å². The molecular formula is C45H44FN5O8. The van der Waals surface area contributed by atoms with Gasteiger partial charge in [0.15, 0.2) is 0 Å². The lowest BCUT2D eigenvalue weighted by Gasteiger charge is -2.33. The van der Waals surface area contributed by atoms with E-state index in [0.717, 1.165) is 44.3 Å². The zero-order valence-corrected chi connectivity index (χ0v) is 32.9. The van der Waals surface area contributed by atoms with E-state index in [0.29, 0.717) is 52.9 Å². The summed E-state index contributed by atoms with van der Waals surface area (Å²) in [5.74, 6) is -1.78. The summed E-state index contributed by atoms with van der Waals surface area (Å²) in [6, 6.07) is 17.6. The number of nitrogens with one attached hydrogen (secondary N) is 3. The molecule has 0 bridgehead atoms. The second kappa shape index (κ2) is 15.1. The predicted molar refractivity (Wildman–Crippen MR) is 215 cm³/mol. The summed E-state index contributed by atoms with van der Waals surface area (Å²) >= 11 is 0. The molecule has 2 aliphatic heterocycles. The first-order chi connectivity index (χ1) is 28.5. The van der Waals surface area contributed by atoms with E-state index in [1.54, 1.807) is 24.5 Å². The lowest BCUT2D eigenvalue weighted by molar-refractivity contribution is -0.133. The van der Waals surface area contributed by atoms with E-state index in [-0.39, 0.29) is 51.1 Å². The van der Waals surface area contributed by atoms with Crippen LogP contribution in [-0.2, 0) is 53.8 Å². The zero-order valence-electron chi connectivity index (χ0n) is 32.9. The maximum atomic E-state index is 15.3. The van der Waals surface area contributed by atoms with Gasteiger partial charge in [0.05, 0.1) is 42.7 Å². The van der Waals surface area contributed by atoms with E-state index in [9.17, 15) is 24.3 Å². The first kappa shape index (κ1) is 38.7. The predicted octanol–water partition coefficient (Wildman–Crippen LogP) is 4.49. The van der Waals surface area contributed by atoms with Gasteiger partial charge in [-0.15, -0.1) is 0 Å². The summed E-state index contributed by atoms with van der Waals surface area (Å²) in [7, 11) is 0. The summed E-state index contributed by atoms with van der Waals surface area (Å²) < 4.78 is 34.1. The molecule has 4 aliphatic rings. The number of benzene rings is 3. The number of halogens is 1. The number of amides is 3. The highest BCUT2D eigenvalue weighted by molar-refractivity contribution is 5.94. The third-order valence-corrected chi connectivity index (χ3v) is 12.3. The molecule has 3 aromatic carbocycles. The van der Waals surface area contributed by atoms with Crippen LogP contribution < -0.4 is 21.5 Å². The highest BCUT2D eigenvalue weighted by Gasteiger charge is 2.40. The summed E-state index contributed by atoms with van der Waals surface area (Å²) in [6.07, 6.45) is 0.908. The Balaban J connectivity index is 0.842. The molecule has 304 valence electrons. The van der Waals surface area contributed by atoms with Crippen molar-refractivity contribution in [3.63, 3.8) is 0 Å². The summed E-state index contributed by atoms with van der Waals surface area (Å²) in [6.45, 7) is 4.53. The van der Waals surface area contributed by atoms with Crippen LogP contribution in [0, 0.1) is 12.7 Å². The minimum Gasteiger partial charge on any atom is -0.383 e. The average Bonchev–Trinajstić information content (AvgIpc) is 3.77. The van der Waals surface area contributed by atoms with Crippen molar-refractivity contribution in [2.24, 2.45) is 0 Å². The molecule has 0 fully saturated rings. The lowest BCUT2D eigenvalue weighted by Crippen LogP contribution is -2.46. The standard InChI is InChI=1S/C45H44FN5O8/c1-4-45(56)21-57-18-31-32(45)15-36-41-30(17-51(36)44(31)55)40-34(14-13-25-23(2)33(46)16-35(50-41)39(25)40)49-37(52)19-58-22-47-43(54)24(3)48-38(53)20-59-42-28-11-7-5-9-26(28)27-10-6-8-12-29(27)42/h5-12,15-16,24,34,42,56H,4,13-14,17-22H2,1-3H3,(H,47,54)(H,48,53)(H,49,52)/t24-,34-,45+/m0/s1. The number of rotatable bonds is 11. The van der Waals surface area contributed by atoms with Crippen molar-refractivity contribution in [3.8, 4) is 22.5 Å². The number of aryl methyl sites for hydroxylation is 1. The van der Waals surface area contributed by atoms with Crippen LogP contribution in [0.2, 0.25) is 0 Å². The molecule has 0 spiro atoms. The number of hydrogen-bond acceptors (Lipinski definition) is 9.